The van der Waals surface area contributed by atoms with Gasteiger partial charge >= 0.3 is 5.97 Å². The fourth-order valence-corrected chi connectivity index (χ4v) is 2.79. The number of carbonyl (C=O) groups is 2. The average molecular weight is 387 g/mol. The molecular formula is C19H15BrO4. The van der Waals surface area contributed by atoms with Crippen LogP contribution in [0.2, 0.25) is 0 Å². The molecule has 0 amide bonds. The lowest BCUT2D eigenvalue weighted by Crippen LogP contribution is -1.99. The summed E-state index contributed by atoms with van der Waals surface area (Å²) in [4.78, 5) is 23.5. The number of halogens is 1. The zero-order valence-electron chi connectivity index (χ0n) is 12.8. The minimum Gasteiger partial charge on any atom is -0.478 e. The van der Waals surface area contributed by atoms with Gasteiger partial charge in [-0.05, 0) is 36.6 Å². The molecule has 0 radical (unpaired) electrons. The van der Waals surface area contributed by atoms with Gasteiger partial charge in [0.1, 0.15) is 5.58 Å². The normalized spacial score (nSPS) is 10.9. The molecule has 0 aliphatic rings. The first-order chi connectivity index (χ1) is 11.6. The smallest absolute Gasteiger partial charge is 0.335 e. The molecule has 0 saturated heterocycles. The number of carboxylic acids is 1. The van der Waals surface area contributed by atoms with Crippen molar-refractivity contribution in [2.75, 3.05) is 5.33 Å². The van der Waals surface area contributed by atoms with Gasteiger partial charge in [-0.1, -0.05) is 46.3 Å². The summed E-state index contributed by atoms with van der Waals surface area (Å²) in [7, 11) is 0. The number of rotatable bonds is 6. The minimum atomic E-state index is -1.03. The maximum absolute atomic E-state index is 12.5. The van der Waals surface area contributed by atoms with Crippen molar-refractivity contribution in [2.24, 2.45) is 0 Å². The molecule has 0 aliphatic heterocycles. The molecule has 0 fully saturated rings. The van der Waals surface area contributed by atoms with E-state index in [1.165, 1.54) is 17.7 Å². The van der Waals surface area contributed by atoms with Crippen LogP contribution in [0.15, 0.2) is 52.9 Å². The number of carbonyl (C=O) groups excluding carboxylic acids is 1. The summed E-state index contributed by atoms with van der Waals surface area (Å²) >= 11 is 3.40. The molecule has 1 aromatic heterocycles. The SMILES string of the molecule is O=C(O)c1ccc2cc(C(=O)c3ccc(CCCBr)cc3)oc2c1. The maximum Gasteiger partial charge on any atom is 0.335 e. The minimum absolute atomic E-state index is 0.131. The molecule has 122 valence electrons. The number of benzene rings is 2. The van der Waals surface area contributed by atoms with Crippen molar-refractivity contribution in [2.45, 2.75) is 12.8 Å². The molecule has 1 N–H and O–H groups in total. The lowest BCUT2D eigenvalue weighted by atomic mass is 10.0. The van der Waals surface area contributed by atoms with Crippen molar-refractivity contribution in [3.8, 4) is 0 Å². The van der Waals surface area contributed by atoms with E-state index in [1.54, 1.807) is 24.3 Å². The third kappa shape index (κ3) is 3.41. The zero-order chi connectivity index (χ0) is 17.1. The van der Waals surface area contributed by atoms with E-state index in [0.29, 0.717) is 16.5 Å². The largest absolute Gasteiger partial charge is 0.478 e. The van der Waals surface area contributed by atoms with Crippen LogP contribution >= 0.6 is 15.9 Å². The highest BCUT2D eigenvalue weighted by molar-refractivity contribution is 9.09. The number of ketones is 1. The molecule has 3 rings (SSSR count). The molecule has 0 saturated carbocycles. The van der Waals surface area contributed by atoms with Gasteiger partial charge in [0.2, 0.25) is 5.78 Å². The molecule has 1 heterocycles. The number of alkyl halides is 1. The van der Waals surface area contributed by atoms with Gasteiger partial charge in [0.05, 0.1) is 5.56 Å². The van der Waals surface area contributed by atoms with Crippen LogP contribution in [0.4, 0.5) is 0 Å². The molecule has 2 aromatic carbocycles. The van der Waals surface area contributed by atoms with Gasteiger partial charge in [-0.25, -0.2) is 4.79 Å². The second-order valence-electron chi connectivity index (χ2n) is 5.49. The van der Waals surface area contributed by atoms with E-state index in [1.807, 2.05) is 12.1 Å². The van der Waals surface area contributed by atoms with Crippen LogP contribution in [0.5, 0.6) is 0 Å². The Bertz CT molecular complexity index is 893. The Morgan fingerprint density at radius 1 is 1.00 bits per heavy atom. The Morgan fingerprint density at radius 2 is 1.71 bits per heavy atom. The van der Waals surface area contributed by atoms with Crippen molar-refractivity contribution in [3.63, 3.8) is 0 Å². The van der Waals surface area contributed by atoms with E-state index < -0.39 is 5.97 Å². The van der Waals surface area contributed by atoms with Gasteiger partial charge in [0.15, 0.2) is 5.76 Å². The fourth-order valence-electron chi connectivity index (χ4n) is 2.51. The van der Waals surface area contributed by atoms with Gasteiger partial charge in [0.25, 0.3) is 0 Å². The molecule has 0 unspecified atom stereocenters. The summed E-state index contributed by atoms with van der Waals surface area (Å²) in [6.07, 6.45) is 2.01. The van der Waals surface area contributed by atoms with Gasteiger partial charge in [0, 0.05) is 16.3 Å². The highest BCUT2D eigenvalue weighted by Crippen LogP contribution is 2.23. The zero-order valence-corrected chi connectivity index (χ0v) is 14.4. The first kappa shape index (κ1) is 16.5. The van der Waals surface area contributed by atoms with Crippen molar-refractivity contribution >= 4 is 38.7 Å². The summed E-state index contributed by atoms with van der Waals surface area (Å²) in [5, 5.41) is 10.7. The first-order valence-corrected chi connectivity index (χ1v) is 8.67. The molecule has 0 aliphatic carbocycles. The van der Waals surface area contributed by atoms with Crippen LogP contribution in [0, 0.1) is 0 Å². The molecule has 5 heteroatoms. The summed E-state index contributed by atoms with van der Waals surface area (Å²) in [6.45, 7) is 0. The second-order valence-corrected chi connectivity index (χ2v) is 6.28. The van der Waals surface area contributed by atoms with Crippen LogP contribution in [-0.2, 0) is 6.42 Å². The fraction of sp³-hybridized carbons (Fsp3) is 0.158. The van der Waals surface area contributed by atoms with Crippen molar-refractivity contribution in [1.29, 1.82) is 0 Å². The number of hydrogen-bond acceptors (Lipinski definition) is 3. The van der Waals surface area contributed by atoms with Crippen LogP contribution in [0.25, 0.3) is 11.0 Å². The molecule has 0 spiro atoms. The Kier molecular flexibility index (Phi) is 4.81. The van der Waals surface area contributed by atoms with E-state index in [2.05, 4.69) is 15.9 Å². The van der Waals surface area contributed by atoms with Crippen molar-refractivity contribution in [3.05, 3.63) is 71.0 Å². The molecule has 0 atom stereocenters. The molecular weight excluding hydrogens is 372 g/mol. The first-order valence-electron chi connectivity index (χ1n) is 7.55. The highest BCUT2D eigenvalue weighted by Gasteiger charge is 2.15. The number of aryl methyl sites for hydroxylation is 1. The third-order valence-corrected chi connectivity index (χ3v) is 4.37. The van der Waals surface area contributed by atoms with Crippen molar-refractivity contribution < 1.29 is 19.1 Å². The van der Waals surface area contributed by atoms with Gasteiger partial charge in [-0.15, -0.1) is 0 Å². The van der Waals surface area contributed by atoms with Crippen molar-refractivity contribution in [1.82, 2.24) is 0 Å². The second kappa shape index (κ2) is 7.01. The Morgan fingerprint density at radius 3 is 2.38 bits per heavy atom. The lowest BCUT2D eigenvalue weighted by Gasteiger charge is -2.01. The van der Waals surface area contributed by atoms with Crippen LogP contribution in [-0.4, -0.2) is 22.2 Å². The van der Waals surface area contributed by atoms with E-state index in [4.69, 9.17) is 9.52 Å². The van der Waals surface area contributed by atoms with E-state index in [0.717, 1.165) is 18.2 Å². The Balaban J connectivity index is 1.86. The van der Waals surface area contributed by atoms with Crippen LogP contribution in [0.3, 0.4) is 0 Å². The Labute approximate surface area is 147 Å². The van der Waals surface area contributed by atoms with E-state index >= 15 is 0 Å². The van der Waals surface area contributed by atoms with Gasteiger partial charge in [-0.2, -0.15) is 0 Å². The summed E-state index contributed by atoms with van der Waals surface area (Å²) in [6, 6.07) is 13.7. The molecule has 24 heavy (non-hydrogen) atoms. The third-order valence-electron chi connectivity index (χ3n) is 3.81. The highest BCUT2D eigenvalue weighted by atomic mass is 79.9. The lowest BCUT2D eigenvalue weighted by molar-refractivity contribution is 0.0696. The summed E-state index contributed by atoms with van der Waals surface area (Å²) in [5.41, 5.74) is 2.26. The standard InChI is InChI=1S/C19H15BrO4/c20-9-1-2-12-3-5-13(6-4-12)18(21)17-10-14-7-8-15(19(22)23)11-16(14)24-17/h3-8,10-11H,1-2,9H2,(H,22,23). The van der Waals surface area contributed by atoms with Gasteiger partial charge in [-0.3, -0.25) is 4.79 Å². The number of carboxylic acid groups (broad SMARTS) is 1. The molecule has 0 bridgehead atoms. The number of hydrogen-bond donors (Lipinski definition) is 1. The van der Waals surface area contributed by atoms with E-state index in [-0.39, 0.29) is 17.1 Å². The van der Waals surface area contributed by atoms with Crippen LogP contribution in [0.1, 0.15) is 38.5 Å². The predicted molar refractivity (Wildman–Crippen MR) is 95.2 cm³/mol. The maximum atomic E-state index is 12.5. The van der Waals surface area contributed by atoms with Crippen LogP contribution < -0.4 is 0 Å². The topological polar surface area (TPSA) is 67.5 Å². The monoisotopic (exact) mass is 386 g/mol. The predicted octanol–water partition coefficient (Wildman–Crippen LogP) is 4.69. The van der Waals surface area contributed by atoms with E-state index in [9.17, 15) is 9.59 Å². The Hall–Kier alpha value is -2.40. The average Bonchev–Trinajstić information content (AvgIpc) is 3.02. The molecule has 4 nitrogen and oxygen atoms in total. The summed E-state index contributed by atoms with van der Waals surface area (Å²) in [5.74, 6) is -1.03. The quantitative estimate of drug-likeness (QED) is 0.492. The number of fused-ring (bicyclic) bond motifs is 1. The summed E-state index contributed by atoms with van der Waals surface area (Å²) < 4.78 is 5.55. The van der Waals surface area contributed by atoms with Gasteiger partial charge < -0.3 is 9.52 Å². The number of furan rings is 1. The molecule has 3 aromatic rings. The number of aromatic carboxylic acids is 1.